The number of imide groups is 1. The molecule has 0 bridgehead atoms. The Morgan fingerprint density at radius 2 is 1.74 bits per heavy atom. The van der Waals surface area contributed by atoms with Crippen LogP contribution in [-0.4, -0.2) is 52.1 Å². The Balaban J connectivity index is 1.70. The maximum atomic E-state index is 13.9. The van der Waals surface area contributed by atoms with Gasteiger partial charge in [-0.1, -0.05) is 49.1 Å². The molecule has 1 aliphatic rings. The number of esters is 1. The van der Waals surface area contributed by atoms with Gasteiger partial charge in [-0.15, -0.1) is 0 Å². The molecular weight excluding hydrogens is 496 g/mol. The van der Waals surface area contributed by atoms with Gasteiger partial charge in [-0.2, -0.15) is 0 Å². The summed E-state index contributed by atoms with van der Waals surface area (Å²) in [5.74, 6) is -1.74. The van der Waals surface area contributed by atoms with E-state index in [9.17, 15) is 19.2 Å². The number of rotatable bonds is 7. The van der Waals surface area contributed by atoms with Crippen molar-refractivity contribution >= 4 is 34.8 Å². The average molecular weight is 531 g/mol. The quantitative estimate of drug-likeness (QED) is 0.172. The lowest BCUT2D eigenvalue weighted by molar-refractivity contribution is -0.167. The number of fused-ring (bicyclic) bond motifs is 1. The van der Waals surface area contributed by atoms with Crippen LogP contribution in [0.1, 0.15) is 56.1 Å². The molecule has 0 spiro atoms. The summed E-state index contributed by atoms with van der Waals surface area (Å²) >= 11 is 0. The summed E-state index contributed by atoms with van der Waals surface area (Å²) in [4.78, 5) is 55.1. The van der Waals surface area contributed by atoms with Gasteiger partial charge in [0, 0.05) is 23.2 Å². The maximum absolute atomic E-state index is 13.9. The number of likely N-dealkylation sites (tertiary alicyclic amines) is 1. The first kappa shape index (κ1) is 27.8. The highest BCUT2D eigenvalue weighted by atomic mass is 16.6. The van der Waals surface area contributed by atoms with E-state index in [-0.39, 0.29) is 32.4 Å². The molecule has 3 aromatic rings. The lowest BCUT2D eigenvalue weighted by Crippen LogP contribution is -2.55. The zero-order valence-electron chi connectivity index (χ0n) is 22.6. The fourth-order valence-corrected chi connectivity index (χ4v) is 4.99. The van der Waals surface area contributed by atoms with Crippen LogP contribution in [0.4, 0.5) is 4.79 Å². The van der Waals surface area contributed by atoms with Crippen LogP contribution in [0, 0.1) is 5.41 Å². The third kappa shape index (κ3) is 5.79. The van der Waals surface area contributed by atoms with Crippen molar-refractivity contribution < 1.29 is 28.7 Å². The van der Waals surface area contributed by atoms with E-state index >= 15 is 0 Å². The highest BCUT2D eigenvalue weighted by Gasteiger charge is 2.52. The van der Waals surface area contributed by atoms with Crippen molar-refractivity contribution in [3.8, 4) is 0 Å². The summed E-state index contributed by atoms with van der Waals surface area (Å²) in [5.41, 5.74) is -0.665. The molecule has 0 N–H and O–H groups in total. The Hall–Kier alpha value is -4.20. The summed E-state index contributed by atoms with van der Waals surface area (Å²) in [6, 6.07) is 17.8. The minimum Gasteiger partial charge on any atom is -0.461 e. The van der Waals surface area contributed by atoms with E-state index in [4.69, 9.17) is 9.47 Å². The molecule has 0 saturated carbocycles. The molecule has 1 saturated heterocycles. The molecule has 204 valence electrons. The predicted molar refractivity (Wildman–Crippen MR) is 147 cm³/mol. The van der Waals surface area contributed by atoms with Crippen molar-refractivity contribution in [2.24, 2.45) is 5.41 Å². The maximum Gasteiger partial charge on any atom is 0.419 e. The van der Waals surface area contributed by atoms with Crippen LogP contribution in [0.2, 0.25) is 0 Å². The number of amides is 2. The monoisotopic (exact) mass is 530 g/mol. The number of aryl methyl sites for hydroxylation is 1. The predicted octanol–water partition coefficient (Wildman–Crippen LogP) is 5.54. The van der Waals surface area contributed by atoms with Crippen LogP contribution in [0.5, 0.6) is 0 Å². The van der Waals surface area contributed by atoms with Gasteiger partial charge in [-0.05, 0) is 70.7 Å². The van der Waals surface area contributed by atoms with Crippen LogP contribution in [0.25, 0.3) is 10.9 Å². The number of aromatic nitrogens is 1. The Morgan fingerprint density at radius 3 is 2.44 bits per heavy atom. The van der Waals surface area contributed by atoms with Gasteiger partial charge in [0.15, 0.2) is 0 Å². The number of hydrogen-bond donors (Lipinski definition) is 0. The summed E-state index contributed by atoms with van der Waals surface area (Å²) in [7, 11) is 0. The van der Waals surface area contributed by atoms with Crippen LogP contribution in [0.15, 0.2) is 73.3 Å². The minimum absolute atomic E-state index is 0.0551. The third-order valence-electron chi connectivity index (χ3n) is 6.80. The van der Waals surface area contributed by atoms with Gasteiger partial charge in [-0.25, -0.2) is 9.36 Å². The lowest BCUT2D eigenvalue weighted by atomic mass is 9.74. The zero-order valence-corrected chi connectivity index (χ0v) is 22.6. The number of benzene rings is 2. The van der Waals surface area contributed by atoms with Crippen LogP contribution in [-0.2, 0) is 25.5 Å². The molecule has 39 heavy (non-hydrogen) atoms. The van der Waals surface area contributed by atoms with Gasteiger partial charge in [0.2, 0.25) is 5.91 Å². The first-order chi connectivity index (χ1) is 18.6. The highest BCUT2D eigenvalue weighted by Crippen LogP contribution is 2.39. The second-order valence-electron chi connectivity index (χ2n) is 10.7. The number of para-hydroxylation sites is 1. The molecule has 4 rings (SSSR count). The summed E-state index contributed by atoms with van der Waals surface area (Å²) < 4.78 is 12.6. The molecule has 2 amide bonds. The summed E-state index contributed by atoms with van der Waals surface area (Å²) in [6.45, 7) is 9.13. The van der Waals surface area contributed by atoms with Crippen molar-refractivity contribution in [1.82, 2.24) is 9.47 Å². The topological polar surface area (TPSA) is 94.9 Å². The molecule has 1 fully saturated rings. The normalized spacial score (nSPS) is 17.6. The third-order valence-corrected chi connectivity index (χ3v) is 6.80. The molecular formula is C31H34N2O6. The first-order valence-corrected chi connectivity index (χ1v) is 13.1. The van der Waals surface area contributed by atoms with Crippen LogP contribution >= 0.6 is 0 Å². The van der Waals surface area contributed by atoms with E-state index in [0.29, 0.717) is 23.2 Å². The highest BCUT2D eigenvalue weighted by molar-refractivity contribution is 6.13. The largest absolute Gasteiger partial charge is 0.461 e. The van der Waals surface area contributed by atoms with Crippen molar-refractivity contribution in [3.63, 3.8) is 0 Å². The van der Waals surface area contributed by atoms with Gasteiger partial charge >= 0.3 is 12.1 Å². The fourth-order valence-electron chi connectivity index (χ4n) is 4.99. The SMILES string of the molecule is C=CCOC(=O)C1(CCc2cc3ccccc3n2C(=O)OC(C)(C)C)CCCN(C(=O)c2ccccc2)C1=O. The van der Waals surface area contributed by atoms with Crippen molar-refractivity contribution in [1.29, 1.82) is 0 Å². The number of hydrogen-bond acceptors (Lipinski definition) is 6. The van der Waals surface area contributed by atoms with Crippen molar-refractivity contribution in [2.75, 3.05) is 13.2 Å². The number of ether oxygens (including phenoxy) is 2. The van der Waals surface area contributed by atoms with Gasteiger partial charge in [0.05, 0.1) is 5.52 Å². The fraction of sp³-hybridized carbons (Fsp3) is 0.355. The van der Waals surface area contributed by atoms with Crippen molar-refractivity contribution in [2.45, 2.75) is 52.1 Å². The number of piperidine rings is 1. The zero-order chi connectivity index (χ0) is 28.2. The van der Waals surface area contributed by atoms with Crippen LogP contribution in [0.3, 0.4) is 0 Å². The number of carbonyl (C=O) groups excluding carboxylic acids is 4. The molecule has 0 radical (unpaired) electrons. The number of carbonyl (C=O) groups is 4. The smallest absolute Gasteiger partial charge is 0.419 e. The van der Waals surface area contributed by atoms with E-state index in [1.807, 2.05) is 30.3 Å². The molecule has 2 aromatic carbocycles. The summed E-state index contributed by atoms with van der Waals surface area (Å²) in [5, 5.41) is 0.831. The Kier molecular flexibility index (Phi) is 8.04. The van der Waals surface area contributed by atoms with Gasteiger partial charge in [0.1, 0.15) is 17.6 Å². The molecule has 2 heterocycles. The number of nitrogens with zero attached hydrogens (tertiary/aromatic N) is 2. The van der Waals surface area contributed by atoms with Crippen LogP contribution < -0.4 is 0 Å². The van der Waals surface area contributed by atoms with E-state index in [1.165, 1.54) is 10.6 Å². The molecule has 1 unspecified atom stereocenters. The average Bonchev–Trinajstić information content (AvgIpc) is 3.29. The molecule has 8 nitrogen and oxygen atoms in total. The Morgan fingerprint density at radius 1 is 1.05 bits per heavy atom. The van der Waals surface area contributed by atoms with E-state index < -0.39 is 34.9 Å². The Labute approximate surface area is 228 Å². The summed E-state index contributed by atoms with van der Waals surface area (Å²) in [6.07, 6.45) is 1.83. The van der Waals surface area contributed by atoms with Gasteiger partial charge < -0.3 is 9.47 Å². The first-order valence-electron chi connectivity index (χ1n) is 13.1. The van der Waals surface area contributed by atoms with Gasteiger partial charge in [0.25, 0.3) is 5.91 Å². The molecule has 1 atom stereocenters. The molecule has 1 aromatic heterocycles. The standard InChI is InChI=1S/C31H34N2O6/c1-5-20-38-28(36)31(17-11-19-32(27(31)35)26(34)22-12-7-6-8-13-22)18-16-24-21-23-14-9-10-15-25(23)33(24)29(37)39-30(2,3)4/h5-10,12-15,21H,1,11,16-20H2,2-4H3. The molecule has 8 heteroatoms. The second-order valence-corrected chi connectivity index (χ2v) is 10.7. The van der Waals surface area contributed by atoms with E-state index in [2.05, 4.69) is 6.58 Å². The second kappa shape index (κ2) is 11.3. The van der Waals surface area contributed by atoms with Crippen molar-refractivity contribution in [3.05, 3.63) is 84.6 Å². The minimum atomic E-state index is -1.58. The van der Waals surface area contributed by atoms with E-state index in [1.54, 1.807) is 51.1 Å². The van der Waals surface area contributed by atoms with E-state index in [0.717, 1.165) is 10.3 Å². The molecule has 1 aliphatic heterocycles. The van der Waals surface area contributed by atoms with Gasteiger partial charge in [-0.3, -0.25) is 19.3 Å². The lowest BCUT2D eigenvalue weighted by Gasteiger charge is -2.39. The Bertz CT molecular complexity index is 1400. The molecule has 0 aliphatic carbocycles.